The molecule has 0 heterocycles. The Balaban J connectivity index is 2.98. The van der Waals surface area contributed by atoms with Crippen LogP contribution in [-0.2, 0) is 16.1 Å². The first kappa shape index (κ1) is 15.9. The zero-order chi connectivity index (χ0) is 14.4. The van der Waals surface area contributed by atoms with E-state index in [-0.39, 0.29) is 41.4 Å². The molecular weight excluding hydrogens is 295 g/mol. The van der Waals surface area contributed by atoms with E-state index in [9.17, 15) is 4.79 Å². The molecule has 1 aromatic rings. The fourth-order valence-corrected chi connectivity index (χ4v) is 2.03. The molecule has 7 heteroatoms. The van der Waals surface area contributed by atoms with Gasteiger partial charge in [0.15, 0.2) is 18.1 Å². The van der Waals surface area contributed by atoms with Gasteiger partial charge < -0.3 is 19.3 Å². The van der Waals surface area contributed by atoms with E-state index in [0.717, 1.165) is 0 Å². The number of benzene rings is 1. The standard InChI is InChI=1S/C12H14Cl2O5/c1-3-18-10(16)6-19-9-4-8(13)7(5-15)11(14)12(9)17-2/h4,15H,3,5-6H2,1-2H3. The Morgan fingerprint density at radius 1 is 1.42 bits per heavy atom. The van der Waals surface area contributed by atoms with E-state index in [1.807, 2.05) is 0 Å². The summed E-state index contributed by atoms with van der Waals surface area (Å²) in [5.41, 5.74) is 0.337. The Morgan fingerprint density at radius 2 is 2.11 bits per heavy atom. The van der Waals surface area contributed by atoms with Crippen LogP contribution in [0.2, 0.25) is 10.0 Å². The molecule has 0 saturated heterocycles. The summed E-state index contributed by atoms with van der Waals surface area (Å²) in [5, 5.41) is 9.54. The molecule has 1 N–H and O–H groups in total. The van der Waals surface area contributed by atoms with E-state index in [1.54, 1.807) is 6.92 Å². The third-order valence-electron chi connectivity index (χ3n) is 2.25. The number of hydrogen-bond acceptors (Lipinski definition) is 5. The summed E-state index contributed by atoms with van der Waals surface area (Å²) in [6.07, 6.45) is 0. The van der Waals surface area contributed by atoms with Gasteiger partial charge in [-0.1, -0.05) is 23.2 Å². The van der Waals surface area contributed by atoms with Crippen molar-refractivity contribution in [2.24, 2.45) is 0 Å². The Hall–Kier alpha value is -1.17. The topological polar surface area (TPSA) is 65.0 Å². The van der Waals surface area contributed by atoms with E-state index in [2.05, 4.69) is 0 Å². The van der Waals surface area contributed by atoms with E-state index in [4.69, 9.17) is 42.5 Å². The van der Waals surface area contributed by atoms with Crippen LogP contribution in [0.5, 0.6) is 11.5 Å². The maximum absolute atomic E-state index is 11.2. The predicted molar refractivity (Wildman–Crippen MR) is 71.1 cm³/mol. The van der Waals surface area contributed by atoms with Gasteiger partial charge in [0.2, 0.25) is 0 Å². The summed E-state index contributed by atoms with van der Waals surface area (Å²) < 4.78 is 15.1. The monoisotopic (exact) mass is 308 g/mol. The second-order valence-electron chi connectivity index (χ2n) is 3.43. The van der Waals surface area contributed by atoms with Crippen LogP contribution in [0.25, 0.3) is 0 Å². The Kier molecular flexibility index (Phi) is 6.21. The van der Waals surface area contributed by atoms with Crippen molar-refractivity contribution in [3.63, 3.8) is 0 Å². The molecule has 0 amide bonds. The number of rotatable bonds is 6. The first-order chi connectivity index (χ1) is 9.04. The van der Waals surface area contributed by atoms with Crippen molar-refractivity contribution in [2.75, 3.05) is 20.3 Å². The third kappa shape index (κ3) is 3.89. The van der Waals surface area contributed by atoms with Crippen LogP contribution in [0.15, 0.2) is 6.07 Å². The average molecular weight is 309 g/mol. The van der Waals surface area contributed by atoms with Crippen molar-refractivity contribution in [1.29, 1.82) is 0 Å². The van der Waals surface area contributed by atoms with Crippen molar-refractivity contribution in [2.45, 2.75) is 13.5 Å². The summed E-state index contributed by atoms with van der Waals surface area (Å²) in [4.78, 5) is 11.2. The Morgan fingerprint density at radius 3 is 2.63 bits per heavy atom. The zero-order valence-corrected chi connectivity index (χ0v) is 12.0. The highest BCUT2D eigenvalue weighted by Gasteiger charge is 2.18. The first-order valence-electron chi connectivity index (χ1n) is 5.49. The van der Waals surface area contributed by atoms with Gasteiger partial charge in [-0.15, -0.1) is 0 Å². The van der Waals surface area contributed by atoms with Gasteiger partial charge in [0.1, 0.15) is 0 Å². The molecular formula is C12H14Cl2O5. The molecule has 1 rings (SSSR count). The molecule has 0 unspecified atom stereocenters. The van der Waals surface area contributed by atoms with Crippen LogP contribution in [0.1, 0.15) is 12.5 Å². The van der Waals surface area contributed by atoms with Crippen LogP contribution in [0.3, 0.4) is 0 Å². The van der Waals surface area contributed by atoms with Crippen molar-refractivity contribution in [3.05, 3.63) is 21.7 Å². The van der Waals surface area contributed by atoms with Gasteiger partial charge in [0, 0.05) is 11.6 Å². The molecule has 19 heavy (non-hydrogen) atoms. The van der Waals surface area contributed by atoms with Gasteiger partial charge in [0.25, 0.3) is 0 Å². The number of aliphatic hydroxyl groups is 1. The molecule has 0 aliphatic heterocycles. The summed E-state index contributed by atoms with van der Waals surface area (Å²) in [7, 11) is 1.40. The summed E-state index contributed by atoms with van der Waals surface area (Å²) >= 11 is 12.0. The summed E-state index contributed by atoms with van der Waals surface area (Å²) in [6.45, 7) is 1.36. The molecule has 0 aliphatic carbocycles. The van der Waals surface area contributed by atoms with E-state index >= 15 is 0 Å². The lowest BCUT2D eigenvalue weighted by Gasteiger charge is -2.14. The minimum atomic E-state index is -0.511. The molecule has 106 valence electrons. The normalized spacial score (nSPS) is 10.2. The van der Waals surface area contributed by atoms with Gasteiger partial charge in [-0.2, -0.15) is 0 Å². The number of methoxy groups -OCH3 is 1. The summed E-state index contributed by atoms with van der Waals surface area (Å²) in [6, 6.07) is 1.43. The van der Waals surface area contributed by atoms with Crippen LogP contribution in [0.4, 0.5) is 0 Å². The largest absolute Gasteiger partial charge is 0.491 e. The molecule has 0 atom stereocenters. The second kappa shape index (κ2) is 7.43. The average Bonchev–Trinajstić information content (AvgIpc) is 2.37. The van der Waals surface area contributed by atoms with Crippen molar-refractivity contribution in [1.82, 2.24) is 0 Å². The molecule has 0 bridgehead atoms. The highest BCUT2D eigenvalue weighted by Crippen LogP contribution is 2.41. The van der Waals surface area contributed by atoms with Crippen molar-refractivity contribution >= 4 is 29.2 Å². The van der Waals surface area contributed by atoms with Gasteiger partial charge >= 0.3 is 5.97 Å². The van der Waals surface area contributed by atoms with Crippen molar-refractivity contribution in [3.8, 4) is 11.5 Å². The minimum absolute atomic E-state index is 0.149. The summed E-state index contributed by atoms with van der Waals surface area (Å²) in [5.74, 6) is -0.0924. The van der Waals surface area contributed by atoms with E-state index in [1.165, 1.54) is 13.2 Å². The molecule has 0 spiro atoms. The maximum atomic E-state index is 11.2. The lowest BCUT2D eigenvalue weighted by Crippen LogP contribution is -2.15. The molecule has 0 saturated carbocycles. The van der Waals surface area contributed by atoms with Crippen LogP contribution < -0.4 is 9.47 Å². The molecule has 0 radical (unpaired) electrons. The fraction of sp³-hybridized carbons (Fsp3) is 0.417. The molecule has 0 aromatic heterocycles. The molecule has 0 aliphatic rings. The number of aliphatic hydroxyl groups excluding tert-OH is 1. The van der Waals surface area contributed by atoms with Crippen LogP contribution in [-0.4, -0.2) is 31.4 Å². The molecule has 1 aromatic carbocycles. The minimum Gasteiger partial charge on any atom is -0.491 e. The van der Waals surface area contributed by atoms with Crippen molar-refractivity contribution < 1.29 is 24.1 Å². The quantitative estimate of drug-likeness (QED) is 0.818. The van der Waals surface area contributed by atoms with Crippen LogP contribution in [0, 0.1) is 0 Å². The van der Waals surface area contributed by atoms with Gasteiger partial charge in [-0.3, -0.25) is 0 Å². The third-order valence-corrected chi connectivity index (χ3v) is 2.98. The van der Waals surface area contributed by atoms with Gasteiger partial charge in [0.05, 0.1) is 30.4 Å². The Labute approximate surface area is 121 Å². The second-order valence-corrected chi connectivity index (χ2v) is 4.22. The number of esters is 1. The number of hydrogen-bond donors (Lipinski definition) is 1. The number of ether oxygens (including phenoxy) is 3. The smallest absolute Gasteiger partial charge is 0.344 e. The SMILES string of the molecule is CCOC(=O)COc1cc(Cl)c(CO)c(Cl)c1OC. The molecule has 0 fully saturated rings. The lowest BCUT2D eigenvalue weighted by molar-refractivity contribution is -0.145. The maximum Gasteiger partial charge on any atom is 0.344 e. The van der Waals surface area contributed by atoms with Gasteiger partial charge in [-0.05, 0) is 6.92 Å². The number of carbonyl (C=O) groups is 1. The Bertz CT molecular complexity index is 462. The fourth-order valence-electron chi connectivity index (χ4n) is 1.40. The van der Waals surface area contributed by atoms with E-state index < -0.39 is 5.97 Å². The van der Waals surface area contributed by atoms with E-state index in [0.29, 0.717) is 5.56 Å². The molecule has 5 nitrogen and oxygen atoms in total. The number of halogens is 2. The van der Waals surface area contributed by atoms with Gasteiger partial charge in [-0.25, -0.2) is 4.79 Å². The first-order valence-corrected chi connectivity index (χ1v) is 6.24. The van der Waals surface area contributed by atoms with Crippen LogP contribution >= 0.6 is 23.2 Å². The zero-order valence-electron chi connectivity index (χ0n) is 10.5. The highest BCUT2D eigenvalue weighted by atomic mass is 35.5. The predicted octanol–water partition coefficient (Wildman–Crippen LogP) is 2.44. The number of carbonyl (C=O) groups excluding carboxylic acids is 1. The lowest BCUT2D eigenvalue weighted by atomic mass is 10.2. The highest BCUT2D eigenvalue weighted by molar-refractivity contribution is 6.37.